The normalized spacial score (nSPS) is 16.8. The summed E-state index contributed by atoms with van der Waals surface area (Å²) in [6.07, 6.45) is 5.41. The number of anilines is 2. The summed E-state index contributed by atoms with van der Waals surface area (Å²) in [5.41, 5.74) is 3.58. The van der Waals surface area contributed by atoms with E-state index in [9.17, 15) is 0 Å². The van der Waals surface area contributed by atoms with Gasteiger partial charge in [0.15, 0.2) is 5.82 Å². The Labute approximate surface area is 145 Å². The van der Waals surface area contributed by atoms with Crippen molar-refractivity contribution in [2.75, 3.05) is 25.5 Å². The molecule has 1 saturated heterocycles. The SMILES string of the molecule is CON=C1CCN(Cc2ccc3c(c2)Nc2nccnc2S3)CC1. The second-order valence-electron chi connectivity index (χ2n) is 5.88. The Balaban J connectivity index is 1.45. The molecule has 1 N–H and O–H groups in total. The van der Waals surface area contributed by atoms with Crippen LogP contribution < -0.4 is 5.32 Å². The summed E-state index contributed by atoms with van der Waals surface area (Å²) in [5.74, 6) is 0.838. The Bertz CT molecular complexity index is 769. The predicted molar refractivity (Wildman–Crippen MR) is 94.8 cm³/mol. The van der Waals surface area contributed by atoms with E-state index in [0.29, 0.717) is 0 Å². The molecular weight excluding hydrogens is 322 g/mol. The third-order valence-electron chi connectivity index (χ3n) is 4.23. The quantitative estimate of drug-likeness (QED) is 0.738. The number of piperidine rings is 1. The van der Waals surface area contributed by atoms with E-state index in [1.165, 1.54) is 10.5 Å². The lowest BCUT2D eigenvalue weighted by atomic mass is 10.1. The summed E-state index contributed by atoms with van der Waals surface area (Å²) < 4.78 is 0. The second-order valence-corrected chi connectivity index (χ2v) is 6.91. The van der Waals surface area contributed by atoms with Gasteiger partial charge in [0.05, 0.1) is 11.4 Å². The Kier molecular flexibility index (Phi) is 4.36. The van der Waals surface area contributed by atoms with Crippen molar-refractivity contribution < 1.29 is 4.84 Å². The maximum Gasteiger partial charge on any atom is 0.163 e. The number of benzene rings is 1. The molecule has 4 rings (SSSR count). The van der Waals surface area contributed by atoms with Crippen LogP contribution in [0.3, 0.4) is 0 Å². The van der Waals surface area contributed by atoms with Crippen molar-refractivity contribution in [2.45, 2.75) is 29.3 Å². The van der Waals surface area contributed by atoms with Crippen LogP contribution in [0.25, 0.3) is 0 Å². The van der Waals surface area contributed by atoms with Crippen molar-refractivity contribution in [3.63, 3.8) is 0 Å². The van der Waals surface area contributed by atoms with Crippen LogP contribution in [-0.2, 0) is 11.4 Å². The van der Waals surface area contributed by atoms with Gasteiger partial charge in [0.1, 0.15) is 12.1 Å². The number of hydrogen-bond acceptors (Lipinski definition) is 7. The summed E-state index contributed by atoms with van der Waals surface area (Å²) >= 11 is 1.66. The van der Waals surface area contributed by atoms with Gasteiger partial charge in [-0.3, -0.25) is 4.90 Å². The minimum absolute atomic E-state index is 0.838. The molecular formula is C17H19N5OS. The molecule has 124 valence electrons. The largest absolute Gasteiger partial charge is 0.399 e. The van der Waals surface area contributed by atoms with Gasteiger partial charge in [-0.1, -0.05) is 23.0 Å². The fraction of sp³-hybridized carbons (Fsp3) is 0.353. The zero-order chi connectivity index (χ0) is 16.4. The minimum Gasteiger partial charge on any atom is -0.399 e. The van der Waals surface area contributed by atoms with E-state index >= 15 is 0 Å². The van der Waals surface area contributed by atoms with Crippen molar-refractivity contribution in [3.8, 4) is 0 Å². The van der Waals surface area contributed by atoms with Gasteiger partial charge in [-0.2, -0.15) is 0 Å². The van der Waals surface area contributed by atoms with E-state index in [0.717, 1.165) is 54.7 Å². The van der Waals surface area contributed by atoms with Gasteiger partial charge in [0, 0.05) is 49.8 Å². The first-order valence-corrected chi connectivity index (χ1v) is 8.83. The molecule has 0 amide bonds. The van der Waals surface area contributed by atoms with Gasteiger partial charge in [-0.05, 0) is 17.7 Å². The molecule has 1 fully saturated rings. The van der Waals surface area contributed by atoms with E-state index in [1.54, 1.807) is 31.3 Å². The number of nitrogens with zero attached hydrogens (tertiary/aromatic N) is 4. The van der Waals surface area contributed by atoms with Gasteiger partial charge >= 0.3 is 0 Å². The molecule has 2 aromatic rings. The lowest BCUT2D eigenvalue weighted by molar-refractivity contribution is 0.204. The van der Waals surface area contributed by atoms with Gasteiger partial charge in [0.2, 0.25) is 0 Å². The van der Waals surface area contributed by atoms with Gasteiger partial charge in [-0.25, -0.2) is 9.97 Å². The van der Waals surface area contributed by atoms with E-state index in [1.807, 2.05) is 0 Å². The standard InChI is InChI=1S/C17H19N5OS/c1-23-21-13-4-8-22(9-5-13)11-12-2-3-15-14(10-12)20-16-17(24-15)19-7-6-18-16/h2-3,6-7,10H,4-5,8-9,11H2,1H3,(H,18,20). The van der Waals surface area contributed by atoms with E-state index in [4.69, 9.17) is 4.84 Å². The highest BCUT2D eigenvalue weighted by Crippen LogP contribution is 2.42. The maximum absolute atomic E-state index is 4.87. The lowest BCUT2D eigenvalue weighted by Crippen LogP contribution is -2.33. The number of aromatic nitrogens is 2. The molecule has 0 aliphatic carbocycles. The van der Waals surface area contributed by atoms with Crippen LogP contribution in [0.1, 0.15) is 18.4 Å². The highest BCUT2D eigenvalue weighted by Gasteiger charge is 2.19. The fourth-order valence-electron chi connectivity index (χ4n) is 3.03. The average Bonchev–Trinajstić information content (AvgIpc) is 2.62. The maximum atomic E-state index is 4.87. The molecule has 2 aliphatic rings. The molecule has 0 saturated carbocycles. The molecule has 1 aromatic heterocycles. The summed E-state index contributed by atoms with van der Waals surface area (Å²) in [7, 11) is 1.61. The monoisotopic (exact) mass is 341 g/mol. The van der Waals surface area contributed by atoms with Crippen LogP contribution in [0, 0.1) is 0 Å². The molecule has 3 heterocycles. The van der Waals surface area contributed by atoms with Crippen molar-refractivity contribution in [1.29, 1.82) is 0 Å². The molecule has 0 unspecified atom stereocenters. The number of hydrogen-bond donors (Lipinski definition) is 1. The van der Waals surface area contributed by atoms with Crippen molar-refractivity contribution in [2.24, 2.45) is 5.16 Å². The molecule has 6 nitrogen and oxygen atoms in total. The zero-order valence-electron chi connectivity index (χ0n) is 13.5. The van der Waals surface area contributed by atoms with Crippen molar-refractivity contribution >= 4 is 29.0 Å². The predicted octanol–water partition coefficient (Wildman–Crippen LogP) is 3.28. The lowest BCUT2D eigenvalue weighted by Gasteiger charge is -2.27. The molecule has 7 heteroatoms. The summed E-state index contributed by atoms with van der Waals surface area (Å²) in [4.78, 5) is 17.3. The van der Waals surface area contributed by atoms with Crippen LogP contribution in [0.5, 0.6) is 0 Å². The Morgan fingerprint density at radius 3 is 2.92 bits per heavy atom. The Hall–Kier alpha value is -2.12. The van der Waals surface area contributed by atoms with E-state index in [2.05, 4.69) is 43.5 Å². The number of fused-ring (bicyclic) bond motifs is 2. The Morgan fingerprint density at radius 2 is 2.08 bits per heavy atom. The number of rotatable bonds is 3. The first-order valence-electron chi connectivity index (χ1n) is 8.02. The van der Waals surface area contributed by atoms with Crippen molar-refractivity contribution in [1.82, 2.24) is 14.9 Å². The number of nitrogens with one attached hydrogen (secondary N) is 1. The van der Waals surface area contributed by atoms with Crippen molar-refractivity contribution in [3.05, 3.63) is 36.2 Å². The third kappa shape index (κ3) is 3.22. The summed E-state index contributed by atoms with van der Waals surface area (Å²) in [6, 6.07) is 6.59. The van der Waals surface area contributed by atoms with Gasteiger partial charge in [-0.15, -0.1) is 0 Å². The molecule has 0 bridgehead atoms. The molecule has 2 aliphatic heterocycles. The fourth-order valence-corrected chi connectivity index (χ4v) is 3.91. The average molecular weight is 341 g/mol. The third-order valence-corrected chi connectivity index (χ3v) is 5.30. The number of likely N-dealkylation sites (tertiary alicyclic amines) is 1. The highest BCUT2D eigenvalue weighted by atomic mass is 32.2. The second kappa shape index (κ2) is 6.78. The van der Waals surface area contributed by atoms with Gasteiger partial charge < -0.3 is 10.2 Å². The van der Waals surface area contributed by atoms with Gasteiger partial charge in [0.25, 0.3) is 0 Å². The van der Waals surface area contributed by atoms with Crippen LogP contribution in [0.15, 0.2) is 45.7 Å². The topological polar surface area (TPSA) is 62.6 Å². The number of oxime groups is 1. The molecule has 0 spiro atoms. The molecule has 1 aromatic carbocycles. The summed E-state index contributed by atoms with van der Waals surface area (Å²) in [5, 5.41) is 8.39. The minimum atomic E-state index is 0.838. The molecule has 0 atom stereocenters. The van der Waals surface area contributed by atoms with Crippen LogP contribution in [-0.4, -0.2) is 40.8 Å². The molecule has 0 radical (unpaired) electrons. The summed E-state index contributed by atoms with van der Waals surface area (Å²) in [6.45, 7) is 3.00. The smallest absolute Gasteiger partial charge is 0.163 e. The van der Waals surface area contributed by atoms with Crippen LogP contribution >= 0.6 is 11.8 Å². The van der Waals surface area contributed by atoms with E-state index < -0.39 is 0 Å². The van der Waals surface area contributed by atoms with Crippen LogP contribution in [0.2, 0.25) is 0 Å². The highest BCUT2D eigenvalue weighted by molar-refractivity contribution is 7.99. The van der Waals surface area contributed by atoms with E-state index in [-0.39, 0.29) is 0 Å². The first kappa shape index (κ1) is 15.4. The van der Waals surface area contributed by atoms with Crippen LogP contribution in [0.4, 0.5) is 11.5 Å². The first-order chi connectivity index (χ1) is 11.8. The molecule has 24 heavy (non-hydrogen) atoms. The zero-order valence-corrected chi connectivity index (χ0v) is 14.3. The Morgan fingerprint density at radius 1 is 1.25 bits per heavy atom.